The fraction of sp³-hybridized carbons (Fsp3) is 0.176. The van der Waals surface area contributed by atoms with E-state index in [1.54, 1.807) is 12.1 Å². The Morgan fingerprint density at radius 3 is 2.92 bits per heavy atom. The monoisotopic (exact) mass is 345 g/mol. The van der Waals surface area contributed by atoms with E-state index < -0.39 is 5.91 Å². The molecule has 0 aliphatic carbocycles. The van der Waals surface area contributed by atoms with Crippen LogP contribution in [0.5, 0.6) is 0 Å². The van der Waals surface area contributed by atoms with Crippen LogP contribution in [0.3, 0.4) is 0 Å². The molecule has 0 radical (unpaired) electrons. The number of hydrogen-bond acceptors (Lipinski definition) is 5. The summed E-state index contributed by atoms with van der Waals surface area (Å²) in [4.78, 5) is 14.5. The van der Waals surface area contributed by atoms with Crippen molar-refractivity contribution in [3.05, 3.63) is 58.2 Å². The molecule has 0 unspecified atom stereocenters. The van der Waals surface area contributed by atoms with Gasteiger partial charge in [0, 0.05) is 11.4 Å². The molecule has 0 aliphatic rings. The molecule has 3 N–H and O–H groups in total. The highest BCUT2D eigenvalue weighted by Crippen LogP contribution is 2.32. The maximum atomic E-state index is 13.2. The van der Waals surface area contributed by atoms with E-state index in [9.17, 15) is 9.18 Å². The van der Waals surface area contributed by atoms with Gasteiger partial charge < -0.3 is 15.6 Å². The number of carbonyl (C=O) groups excluding carboxylic acids is 1. The first kappa shape index (κ1) is 16.2. The molecule has 0 saturated carbocycles. The molecule has 3 rings (SSSR count). The van der Waals surface area contributed by atoms with Crippen molar-refractivity contribution < 1.29 is 13.7 Å². The minimum atomic E-state index is -0.403. The lowest BCUT2D eigenvalue weighted by Crippen LogP contribution is -2.23. The van der Waals surface area contributed by atoms with E-state index in [-0.39, 0.29) is 23.8 Å². The van der Waals surface area contributed by atoms with Gasteiger partial charge in [-0.1, -0.05) is 24.2 Å². The summed E-state index contributed by atoms with van der Waals surface area (Å²) in [6.07, 6.45) is 0.902. The Morgan fingerprint density at radius 2 is 2.21 bits per heavy atom. The Kier molecular flexibility index (Phi) is 4.61. The summed E-state index contributed by atoms with van der Waals surface area (Å²) in [7, 11) is 0. The van der Waals surface area contributed by atoms with Gasteiger partial charge in [0.1, 0.15) is 17.1 Å². The SMILES string of the molecule is CCc1ccc(-c2noc(N)c2C(=O)NCc2cccc(F)c2)s1. The summed E-state index contributed by atoms with van der Waals surface area (Å²) in [5.41, 5.74) is 7.05. The fourth-order valence-electron chi connectivity index (χ4n) is 2.30. The van der Waals surface area contributed by atoms with E-state index in [0.717, 1.165) is 11.3 Å². The van der Waals surface area contributed by atoms with Crippen LogP contribution in [-0.2, 0) is 13.0 Å². The Balaban J connectivity index is 1.81. The minimum Gasteiger partial charge on any atom is -0.367 e. The zero-order valence-corrected chi connectivity index (χ0v) is 13.8. The molecular weight excluding hydrogens is 329 g/mol. The summed E-state index contributed by atoms with van der Waals surface area (Å²) in [6.45, 7) is 2.24. The third kappa shape index (κ3) is 3.30. The average Bonchev–Trinajstić information content (AvgIpc) is 3.19. The number of carbonyl (C=O) groups is 1. The maximum absolute atomic E-state index is 13.2. The number of amides is 1. The van der Waals surface area contributed by atoms with Crippen LogP contribution in [0.2, 0.25) is 0 Å². The number of aromatic nitrogens is 1. The van der Waals surface area contributed by atoms with Crippen LogP contribution in [0.15, 0.2) is 40.9 Å². The number of benzene rings is 1. The molecule has 2 heterocycles. The van der Waals surface area contributed by atoms with Crippen LogP contribution >= 0.6 is 11.3 Å². The molecule has 124 valence electrons. The molecule has 1 amide bonds. The standard InChI is InChI=1S/C17H16FN3O2S/c1-2-12-6-7-13(24-12)15-14(16(19)23-21-15)17(22)20-9-10-4-3-5-11(18)8-10/h3-8H,2,9,19H2,1H3,(H,20,22). The predicted octanol–water partition coefficient (Wildman–Crippen LogP) is 3.62. The van der Waals surface area contributed by atoms with Gasteiger partial charge in [-0.2, -0.15) is 0 Å². The van der Waals surface area contributed by atoms with Crippen molar-refractivity contribution in [1.82, 2.24) is 10.5 Å². The summed E-state index contributed by atoms with van der Waals surface area (Å²) in [6, 6.07) is 9.92. The second-order valence-corrected chi connectivity index (χ2v) is 6.37. The molecule has 24 heavy (non-hydrogen) atoms. The van der Waals surface area contributed by atoms with Crippen molar-refractivity contribution >= 4 is 23.1 Å². The maximum Gasteiger partial charge on any atom is 0.259 e. The lowest BCUT2D eigenvalue weighted by Gasteiger charge is -2.05. The zero-order valence-electron chi connectivity index (χ0n) is 13.0. The summed E-state index contributed by atoms with van der Waals surface area (Å²) >= 11 is 1.54. The Hall–Kier alpha value is -2.67. The molecule has 1 aromatic carbocycles. The van der Waals surface area contributed by atoms with E-state index in [2.05, 4.69) is 17.4 Å². The number of nitrogens with zero attached hydrogens (tertiary/aromatic N) is 1. The van der Waals surface area contributed by atoms with Crippen molar-refractivity contribution in [2.24, 2.45) is 0 Å². The van der Waals surface area contributed by atoms with Crippen molar-refractivity contribution in [3.8, 4) is 10.6 Å². The molecule has 0 saturated heterocycles. The highest BCUT2D eigenvalue weighted by atomic mass is 32.1. The number of halogens is 1. The van der Waals surface area contributed by atoms with Gasteiger partial charge in [-0.05, 0) is 36.2 Å². The van der Waals surface area contributed by atoms with Gasteiger partial charge in [0.2, 0.25) is 5.88 Å². The molecule has 0 aliphatic heterocycles. The minimum absolute atomic E-state index is 0.0341. The highest BCUT2D eigenvalue weighted by molar-refractivity contribution is 7.15. The second-order valence-electron chi connectivity index (χ2n) is 5.20. The van der Waals surface area contributed by atoms with Crippen molar-refractivity contribution in [2.45, 2.75) is 19.9 Å². The van der Waals surface area contributed by atoms with E-state index in [4.69, 9.17) is 10.3 Å². The summed E-state index contributed by atoms with van der Waals surface area (Å²) in [5, 5.41) is 6.63. The van der Waals surface area contributed by atoms with Gasteiger partial charge in [0.25, 0.3) is 5.91 Å². The summed E-state index contributed by atoms with van der Waals surface area (Å²) < 4.78 is 18.2. The van der Waals surface area contributed by atoms with Crippen molar-refractivity contribution in [3.63, 3.8) is 0 Å². The second kappa shape index (κ2) is 6.84. The topological polar surface area (TPSA) is 81.2 Å². The molecule has 2 aromatic heterocycles. The third-order valence-corrected chi connectivity index (χ3v) is 4.77. The fourth-order valence-corrected chi connectivity index (χ4v) is 3.24. The Bertz CT molecular complexity index is 872. The van der Waals surface area contributed by atoms with Crippen LogP contribution in [0, 0.1) is 5.82 Å². The molecule has 0 atom stereocenters. The molecule has 0 spiro atoms. The molecule has 0 fully saturated rings. The van der Waals surface area contributed by atoms with Crippen LogP contribution in [0.1, 0.15) is 27.7 Å². The number of nitrogens with one attached hydrogen (secondary N) is 1. The quantitative estimate of drug-likeness (QED) is 0.740. The number of anilines is 1. The number of nitrogens with two attached hydrogens (primary N) is 1. The first-order valence-corrected chi connectivity index (χ1v) is 8.27. The van der Waals surface area contributed by atoms with Crippen molar-refractivity contribution in [1.29, 1.82) is 0 Å². The number of nitrogen functional groups attached to an aromatic ring is 1. The molecule has 7 heteroatoms. The lowest BCUT2D eigenvalue weighted by molar-refractivity contribution is 0.0952. The van der Waals surface area contributed by atoms with Crippen LogP contribution in [0.4, 0.5) is 10.3 Å². The van der Waals surface area contributed by atoms with Gasteiger partial charge in [-0.15, -0.1) is 11.3 Å². The van der Waals surface area contributed by atoms with E-state index in [1.807, 2.05) is 12.1 Å². The lowest BCUT2D eigenvalue weighted by atomic mass is 10.1. The van der Waals surface area contributed by atoms with Gasteiger partial charge >= 0.3 is 0 Å². The predicted molar refractivity (Wildman–Crippen MR) is 91.2 cm³/mol. The number of rotatable bonds is 5. The van der Waals surface area contributed by atoms with E-state index >= 15 is 0 Å². The van der Waals surface area contributed by atoms with Crippen molar-refractivity contribution in [2.75, 3.05) is 5.73 Å². The zero-order chi connectivity index (χ0) is 17.1. The number of thiophene rings is 1. The highest BCUT2D eigenvalue weighted by Gasteiger charge is 2.23. The molecule has 5 nitrogen and oxygen atoms in total. The first-order valence-electron chi connectivity index (χ1n) is 7.45. The van der Waals surface area contributed by atoms with Gasteiger partial charge in [0.15, 0.2) is 0 Å². The van der Waals surface area contributed by atoms with Gasteiger partial charge in [-0.25, -0.2) is 4.39 Å². The van der Waals surface area contributed by atoms with E-state index in [0.29, 0.717) is 11.3 Å². The van der Waals surface area contributed by atoms with Crippen LogP contribution < -0.4 is 11.1 Å². The van der Waals surface area contributed by atoms with E-state index in [1.165, 1.54) is 28.3 Å². The normalized spacial score (nSPS) is 10.8. The Morgan fingerprint density at radius 1 is 1.38 bits per heavy atom. The van der Waals surface area contributed by atoms with Gasteiger partial charge in [0.05, 0.1) is 4.88 Å². The number of aryl methyl sites for hydroxylation is 1. The molecule has 3 aromatic rings. The van der Waals surface area contributed by atoms with Crippen LogP contribution in [-0.4, -0.2) is 11.1 Å². The smallest absolute Gasteiger partial charge is 0.259 e. The third-order valence-electron chi connectivity index (χ3n) is 3.53. The number of hydrogen-bond donors (Lipinski definition) is 2. The Labute approximate surface area is 142 Å². The molecule has 0 bridgehead atoms. The average molecular weight is 345 g/mol. The van der Waals surface area contributed by atoms with Gasteiger partial charge in [-0.3, -0.25) is 4.79 Å². The summed E-state index contributed by atoms with van der Waals surface area (Å²) in [5.74, 6) is -0.787. The van der Waals surface area contributed by atoms with Crippen LogP contribution in [0.25, 0.3) is 10.6 Å². The first-order chi connectivity index (χ1) is 11.6. The largest absolute Gasteiger partial charge is 0.367 e. The molecular formula is C17H16FN3O2S.